The van der Waals surface area contributed by atoms with Gasteiger partial charge in [0.05, 0.1) is 0 Å². The number of hydrogen-bond donors (Lipinski definition) is 1. The molecule has 1 aromatic heterocycles. The van der Waals surface area contributed by atoms with Crippen LogP contribution in [0.4, 0.5) is 17.3 Å². The Morgan fingerprint density at radius 3 is 2.70 bits per heavy atom. The van der Waals surface area contributed by atoms with Gasteiger partial charge in [0.2, 0.25) is 0 Å². The first-order valence-electron chi connectivity index (χ1n) is 7.14. The summed E-state index contributed by atoms with van der Waals surface area (Å²) in [5.74, 6) is 1.80. The van der Waals surface area contributed by atoms with Gasteiger partial charge >= 0.3 is 0 Å². The average Bonchev–Trinajstić information content (AvgIpc) is 2.46. The van der Waals surface area contributed by atoms with E-state index in [1.54, 1.807) is 6.33 Å². The molecule has 20 heavy (non-hydrogen) atoms. The van der Waals surface area contributed by atoms with Gasteiger partial charge in [0.15, 0.2) is 0 Å². The second-order valence-corrected chi connectivity index (χ2v) is 4.77. The van der Waals surface area contributed by atoms with E-state index < -0.39 is 0 Å². The van der Waals surface area contributed by atoms with Crippen molar-refractivity contribution in [3.63, 3.8) is 0 Å². The maximum absolute atomic E-state index is 4.40. The number of aryl methyl sites for hydroxylation is 1. The van der Waals surface area contributed by atoms with Gasteiger partial charge in [-0.1, -0.05) is 19.1 Å². The van der Waals surface area contributed by atoms with Crippen LogP contribution in [0.1, 0.15) is 25.8 Å². The first kappa shape index (κ1) is 14.3. The molecule has 0 radical (unpaired) electrons. The lowest BCUT2D eigenvalue weighted by atomic mass is 10.2. The normalized spacial score (nSPS) is 10.3. The van der Waals surface area contributed by atoms with E-state index in [9.17, 15) is 0 Å². The van der Waals surface area contributed by atoms with Crippen molar-refractivity contribution in [3.05, 3.63) is 42.2 Å². The molecule has 1 N–H and O–H groups in total. The molecular formula is C16H22N4. The van der Waals surface area contributed by atoms with E-state index in [0.717, 1.165) is 36.8 Å². The fourth-order valence-corrected chi connectivity index (χ4v) is 2.12. The van der Waals surface area contributed by atoms with Crippen molar-refractivity contribution >= 4 is 17.3 Å². The molecule has 0 aliphatic heterocycles. The molecule has 2 aromatic rings. The summed E-state index contributed by atoms with van der Waals surface area (Å²) in [5, 5.41) is 3.30. The summed E-state index contributed by atoms with van der Waals surface area (Å²) in [5.41, 5.74) is 2.41. The van der Waals surface area contributed by atoms with Crippen LogP contribution < -0.4 is 10.2 Å². The van der Waals surface area contributed by atoms with Gasteiger partial charge in [-0.15, -0.1) is 0 Å². The molecule has 0 saturated carbocycles. The minimum Gasteiger partial charge on any atom is -0.370 e. The molecule has 0 bridgehead atoms. The van der Waals surface area contributed by atoms with E-state index in [4.69, 9.17) is 0 Å². The monoisotopic (exact) mass is 270 g/mol. The minimum atomic E-state index is 0.869. The van der Waals surface area contributed by atoms with Gasteiger partial charge in [0.25, 0.3) is 0 Å². The minimum absolute atomic E-state index is 0.869. The van der Waals surface area contributed by atoms with Crippen LogP contribution >= 0.6 is 0 Å². The summed E-state index contributed by atoms with van der Waals surface area (Å²) in [7, 11) is 0. The highest BCUT2D eigenvalue weighted by Crippen LogP contribution is 2.25. The van der Waals surface area contributed by atoms with Crippen LogP contribution in [0.15, 0.2) is 36.7 Å². The van der Waals surface area contributed by atoms with Gasteiger partial charge in [-0.25, -0.2) is 9.97 Å². The number of hydrogen-bond acceptors (Lipinski definition) is 4. The third-order valence-electron chi connectivity index (χ3n) is 3.11. The Morgan fingerprint density at radius 2 is 2.00 bits per heavy atom. The summed E-state index contributed by atoms with van der Waals surface area (Å²) >= 11 is 0. The summed E-state index contributed by atoms with van der Waals surface area (Å²) in [6.07, 6.45) is 2.69. The third kappa shape index (κ3) is 3.47. The molecule has 0 spiro atoms. The Morgan fingerprint density at radius 1 is 1.15 bits per heavy atom. The zero-order chi connectivity index (χ0) is 14.4. The zero-order valence-corrected chi connectivity index (χ0v) is 12.4. The van der Waals surface area contributed by atoms with E-state index in [1.807, 2.05) is 6.07 Å². The van der Waals surface area contributed by atoms with E-state index in [0.29, 0.717) is 0 Å². The molecule has 4 heteroatoms. The highest BCUT2D eigenvalue weighted by atomic mass is 15.2. The van der Waals surface area contributed by atoms with Crippen molar-refractivity contribution in [1.82, 2.24) is 9.97 Å². The zero-order valence-electron chi connectivity index (χ0n) is 12.4. The Bertz CT molecular complexity index is 554. The largest absolute Gasteiger partial charge is 0.370 e. The summed E-state index contributed by atoms with van der Waals surface area (Å²) in [4.78, 5) is 10.8. The molecule has 1 aromatic carbocycles. The Labute approximate surface area is 120 Å². The van der Waals surface area contributed by atoms with Crippen LogP contribution in [0.2, 0.25) is 0 Å². The lowest BCUT2D eigenvalue weighted by Crippen LogP contribution is -2.18. The first-order valence-corrected chi connectivity index (χ1v) is 7.14. The molecule has 0 amide bonds. The number of rotatable bonds is 6. The fraction of sp³-hybridized carbons (Fsp3) is 0.375. The predicted molar refractivity (Wildman–Crippen MR) is 84.7 cm³/mol. The Balaban J connectivity index is 2.27. The predicted octanol–water partition coefficient (Wildman–Crippen LogP) is 3.76. The van der Waals surface area contributed by atoms with Gasteiger partial charge < -0.3 is 10.2 Å². The van der Waals surface area contributed by atoms with Crippen molar-refractivity contribution in [3.8, 4) is 0 Å². The van der Waals surface area contributed by atoms with Crippen LogP contribution in [0.25, 0.3) is 0 Å². The standard InChI is InChI=1S/C16H22N4/c1-4-9-17-15-11-16(19-12-18-15)20(5-2)14-8-6-7-13(3)10-14/h6-8,10-12H,4-5,9H2,1-3H3,(H,17,18,19). The summed E-state index contributed by atoms with van der Waals surface area (Å²) in [6.45, 7) is 8.16. The lowest BCUT2D eigenvalue weighted by Gasteiger charge is -2.22. The van der Waals surface area contributed by atoms with Crippen molar-refractivity contribution < 1.29 is 0 Å². The number of nitrogens with zero attached hydrogens (tertiary/aromatic N) is 3. The summed E-state index contributed by atoms with van der Waals surface area (Å²) < 4.78 is 0. The van der Waals surface area contributed by atoms with Gasteiger partial charge in [0.1, 0.15) is 18.0 Å². The van der Waals surface area contributed by atoms with E-state index in [1.165, 1.54) is 5.56 Å². The van der Waals surface area contributed by atoms with Gasteiger partial charge in [0, 0.05) is 24.8 Å². The van der Waals surface area contributed by atoms with Crippen LogP contribution in [0.5, 0.6) is 0 Å². The third-order valence-corrected chi connectivity index (χ3v) is 3.11. The molecular weight excluding hydrogens is 248 g/mol. The Kier molecular flexibility index (Phi) is 4.93. The quantitative estimate of drug-likeness (QED) is 0.867. The molecule has 4 nitrogen and oxygen atoms in total. The molecule has 106 valence electrons. The summed E-state index contributed by atoms with van der Waals surface area (Å²) in [6, 6.07) is 10.5. The van der Waals surface area contributed by atoms with Gasteiger partial charge in [-0.05, 0) is 38.0 Å². The molecule has 2 rings (SSSR count). The highest BCUT2D eigenvalue weighted by Gasteiger charge is 2.09. The second-order valence-electron chi connectivity index (χ2n) is 4.77. The smallest absolute Gasteiger partial charge is 0.138 e. The van der Waals surface area contributed by atoms with Crippen molar-refractivity contribution in [2.75, 3.05) is 23.3 Å². The van der Waals surface area contributed by atoms with Crippen LogP contribution in [-0.2, 0) is 0 Å². The average molecular weight is 270 g/mol. The molecule has 0 atom stereocenters. The molecule has 0 saturated heterocycles. The van der Waals surface area contributed by atoms with Crippen LogP contribution in [-0.4, -0.2) is 23.1 Å². The SMILES string of the molecule is CCCNc1cc(N(CC)c2cccc(C)c2)ncn1. The van der Waals surface area contributed by atoms with E-state index in [2.05, 4.69) is 65.2 Å². The maximum atomic E-state index is 4.40. The second kappa shape index (κ2) is 6.89. The number of nitrogens with one attached hydrogen (secondary N) is 1. The topological polar surface area (TPSA) is 41.0 Å². The molecule has 0 aliphatic rings. The van der Waals surface area contributed by atoms with Gasteiger partial charge in [-0.3, -0.25) is 0 Å². The number of anilines is 3. The number of benzene rings is 1. The van der Waals surface area contributed by atoms with Crippen molar-refractivity contribution in [2.45, 2.75) is 27.2 Å². The maximum Gasteiger partial charge on any atom is 0.138 e. The highest BCUT2D eigenvalue weighted by molar-refractivity contribution is 5.62. The van der Waals surface area contributed by atoms with Crippen molar-refractivity contribution in [2.24, 2.45) is 0 Å². The molecule has 0 unspecified atom stereocenters. The first-order chi connectivity index (χ1) is 9.74. The van der Waals surface area contributed by atoms with Crippen LogP contribution in [0, 0.1) is 6.92 Å². The molecule has 0 fully saturated rings. The molecule has 0 aliphatic carbocycles. The van der Waals surface area contributed by atoms with E-state index in [-0.39, 0.29) is 0 Å². The van der Waals surface area contributed by atoms with Gasteiger partial charge in [-0.2, -0.15) is 0 Å². The van der Waals surface area contributed by atoms with Crippen molar-refractivity contribution in [1.29, 1.82) is 0 Å². The lowest BCUT2D eigenvalue weighted by molar-refractivity contribution is 0.949. The Hall–Kier alpha value is -2.10. The molecule has 1 heterocycles. The fourth-order valence-electron chi connectivity index (χ4n) is 2.12. The number of aromatic nitrogens is 2. The van der Waals surface area contributed by atoms with Crippen LogP contribution in [0.3, 0.4) is 0 Å². The van der Waals surface area contributed by atoms with E-state index >= 15 is 0 Å².